The number of amides is 1. The number of aromatic nitrogens is 2. The predicted octanol–water partition coefficient (Wildman–Crippen LogP) is 1.61. The lowest BCUT2D eigenvalue weighted by Crippen LogP contribution is -2.49. The van der Waals surface area contributed by atoms with Crippen LogP contribution in [0.15, 0.2) is 0 Å². The Kier molecular flexibility index (Phi) is 4.98. The maximum absolute atomic E-state index is 11.7. The number of piperazine rings is 1. The van der Waals surface area contributed by atoms with Crippen molar-refractivity contribution in [2.75, 3.05) is 37.7 Å². The predicted molar refractivity (Wildman–Crippen MR) is 84.3 cm³/mol. The molecule has 1 aliphatic heterocycles. The van der Waals surface area contributed by atoms with Gasteiger partial charge in [0.05, 0.1) is 6.61 Å². The van der Waals surface area contributed by atoms with Gasteiger partial charge in [-0.15, -0.1) is 0 Å². The SMILES string of the molecule is CCOC(=O)N1CCN(c2nc(C)n(C)c(=S)c2C#N)CC1. The summed E-state index contributed by atoms with van der Waals surface area (Å²) in [6, 6.07) is 2.15. The van der Waals surface area contributed by atoms with Gasteiger partial charge >= 0.3 is 6.09 Å². The van der Waals surface area contributed by atoms with E-state index in [1.54, 1.807) is 23.4 Å². The summed E-state index contributed by atoms with van der Waals surface area (Å²) in [4.78, 5) is 19.9. The molecule has 22 heavy (non-hydrogen) atoms. The van der Waals surface area contributed by atoms with Crippen LogP contribution >= 0.6 is 12.2 Å². The van der Waals surface area contributed by atoms with Crippen molar-refractivity contribution in [3.05, 3.63) is 16.0 Å². The molecule has 1 aromatic heterocycles. The van der Waals surface area contributed by atoms with Crippen LogP contribution in [0.1, 0.15) is 18.3 Å². The van der Waals surface area contributed by atoms with Gasteiger partial charge in [-0.1, -0.05) is 12.2 Å². The Morgan fingerprint density at radius 1 is 1.41 bits per heavy atom. The molecule has 0 atom stereocenters. The Hall–Kier alpha value is -2.14. The van der Waals surface area contributed by atoms with E-state index in [0.29, 0.717) is 48.8 Å². The van der Waals surface area contributed by atoms with E-state index in [2.05, 4.69) is 11.1 Å². The van der Waals surface area contributed by atoms with E-state index in [9.17, 15) is 10.1 Å². The van der Waals surface area contributed by atoms with Crippen LogP contribution in [0.3, 0.4) is 0 Å². The minimum absolute atomic E-state index is 0.296. The normalized spacial score (nSPS) is 14.6. The fourth-order valence-electron chi connectivity index (χ4n) is 2.34. The van der Waals surface area contributed by atoms with Crippen LogP contribution in [0.4, 0.5) is 10.6 Å². The Morgan fingerprint density at radius 2 is 2.05 bits per heavy atom. The van der Waals surface area contributed by atoms with Crippen LogP contribution < -0.4 is 4.90 Å². The number of ether oxygens (including phenoxy) is 1. The lowest BCUT2D eigenvalue weighted by Gasteiger charge is -2.35. The summed E-state index contributed by atoms with van der Waals surface area (Å²) in [7, 11) is 1.80. The minimum Gasteiger partial charge on any atom is -0.450 e. The third-order valence-electron chi connectivity index (χ3n) is 3.71. The molecule has 1 saturated heterocycles. The van der Waals surface area contributed by atoms with E-state index < -0.39 is 0 Å². The van der Waals surface area contributed by atoms with Crippen LogP contribution in [-0.4, -0.2) is 53.3 Å². The summed E-state index contributed by atoms with van der Waals surface area (Å²) in [5, 5.41) is 9.37. The molecule has 1 aromatic rings. The molecule has 1 aliphatic rings. The highest BCUT2D eigenvalue weighted by Gasteiger charge is 2.25. The van der Waals surface area contributed by atoms with Gasteiger partial charge in [-0.3, -0.25) is 0 Å². The molecule has 2 heterocycles. The lowest BCUT2D eigenvalue weighted by molar-refractivity contribution is 0.105. The van der Waals surface area contributed by atoms with Gasteiger partial charge < -0.3 is 19.1 Å². The van der Waals surface area contributed by atoms with Gasteiger partial charge in [0.15, 0.2) is 5.82 Å². The van der Waals surface area contributed by atoms with Crippen molar-refractivity contribution in [1.82, 2.24) is 14.5 Å². The highest BCUT2D eigenvalue weighted by Crippen LogP contribution is 2.21. The highest BCUT2D eigenvalue weighted by atomic mass is 32.1. The Bertz CT molecular complexity index is 671. The van der Waals surface area contributed by atoms with Crippen molar-refractivity contribution in [1.29, 1.82) is 5.26 Å². The maximum atomic E-state index is 11.7. The standard InChI is InChI=1S/C14H19N5O2S/c1-4-21-14(20)19-7-5-18(6-8-19)12-11(9-15)13(22)17(3)10(2)16-12/h4-8H2,1-3H3. The summed E-state index contributed by atoms with van der Waals surface area (Å²) < 4.78 is 7.21. The molecule has 1 fully saturated rings. The van der Waals surface area contributed by atoms with E-state index in [1.165, 1.54) is 0 Å². The fraction of sp³-hybridized carbons (Fsp3) is 0.571. The lowest BCUT2D eigenvalue weighted by atomic mass is 10.2. The zero-order chi connectivity index (χ0) is 16.3. The summed E-state index contributed by atoms with van der Waals surface area (Å²) >= 11 is 5.33. The average Bonchev–Trinajstić information content (AvgIpc) is 2.53. The Morgan fingerprint density at radius 3 is 2.59 bits per heavy atom. The van der Waals surface area contributed by atoms with Crippen molar-refractivity contribution >= 4 is 24.1 Å². The van der Waals surface area contributed by atoms with Crippen LogP contribution in [0.5, 0.6) is 0 Å². The third-order valence-corrected chi connectivity index (χ3v) is 4.19. The molecule has 2 rings (SSSR count). The second-order valence-corrected chi connectivity index (χ2v) is 5.39. The summed E-state index contributed by atoms with van der Waals surface area (Å²) in [6.45, 7) is 6.29. The average molecular weight is 321 g/mol. The molecule has 0 aliphatic carbocycles. The number of carbonyl (C=O) groups excluding carboxylic acids is 1. The van der Waals surface area contributed by atoms with E-state index in [-0.39, 0.29) is 6.09 Å². The topological polar surface area (TPSA) is 74.4 Å². The smallest absolute Gasteiger partial charge is 0.409 e. The van der Waals surface area contributed by atoms with E-state index in [0.717, 1.165) is 5.82 Å². The quantitative estimate of drug-likeness (QED) is 0.770. The molecule has 0 unspecified atom stereocenters. The maximum Gasteiger partial charge on any atom is 0.409 e. The molecule has 1 amide bonds. The summed E-state index contributed by atoms with van der Waals surface area (Å²) in [5.74, 6) is 1.36. The van der Waals surface area contributed by atoms with Gasteiger partial charge in [-0.05, 0) is 13.8 Å². The van der Waals surface area contributed by atoms with Crippen molar-refractivity contribution in [3.8, 4) is 6.07 Å². The first kappa shape index (κ1) is 16.2. The first-order valence-corrected chi connectivity index (χ1v) is 7.54. The van der Waals surface area contributed by atoms with Crippen LogP contribution in [0.25, 0.3) is 0 Å². The Balaban J connectivity index is 2.21. The molecular weight excluding hydrogens is 302 g/mol. The second-order valence-electron chi connectivity index (χ2n) is 5.01. The summed E-state index contributed by atoms with van der Waals surface area (Å²) in [5.41, 5.74) is 0.410. The largest absolute Gasteiger partial charge is 0.450 e. The number of hydrogen-bond acceptors (Lipinski definition) is 6. The molecule has 118 valence electrons. The molecule has 0 radical (unpaired) electrons. The number of rotatable bonds is 2. The van der Waals surface area contributed by atoms with Gasteiger partial charge in [0.25, 0.3) is 0 Å². The number of nitrogens with zero attached hydrogens (tertiary/aromatic N) is 5. The van der Waals surface area contributed by atoms with Crippen molar-refractivity contribution in [2.24, 2.45) is 7.05 Å². The monoisotopic (exact) mass is 321 g/mol. The van der Waals surface area contributed by atoms with Gasteiger partial charge in [0.1, 0.15) is 22.1 Å². The van der Waals surface area contributed by atoms with E-state index in [1.807, 2.05) is 11.8 Å². The van der Waals surface area contributed by atoms with Crippen LogP contribution in [-0.2, 0) is 11.8 Å². The number of nitriles is 1. The van der Waals surface area contributed by atoms with Crippen molar-refractivity contribution in [2.45, 2.75) is 13.8 Å². The van der Waals surface area contributed by atoms with Crippen LogP contribution in [0.2, 0.25) is 0 Å². The molecule has 0 spiro atoms. The molecule has 0 N–H and O–H groups in total. The van der Waals surface area contributed by atoms with Crippen molar-refractivity contribution < 1.29 is 9.53 Å². The van der Waals surface area contributed by atoms with Gasteiger partial charge in [0.2, 0.25) is 0 Å². The number of aryl methyl sites for hydroxylation is 1. The molecule has 0 aromatic carbocycles. The summed E-state index contributed by atoms with van der Waals surface area (Å²) in [6.07, 6.45) is -0.296. The van der Waals surface area contributed by atoms with Crippen LogP contribution in [0, 0.1) is 22.9 Å². The first-order chi connectivity index (χ1) is 10.5. The second kappa shape index (κ2) is 6.75. The zero-order valence-electron chi connectivity index (χ0n) is 13.0. The Labute approximate surface area is 134 Å². The highest BCUT2D eigenvalue weighted by molar-refractivity contribution is 7.71. The van der Waals surface area contributed by atoms with Crippen molar-refractivity contribution in [3.63, 3.8) is 0 Å². The van der Waals surface area contributed by atoms with Gasteiger partial charge in [0, 0.05) is 33.2 Å². The molecule has 8 heteroatoms. The molecule has 0 saturated carbocycles. The van der Waals surface area contributed by atoms with E-state index >= 15 is 0 Å². The first-order valence-electron chi connectivity index (χ1n) is 7.14. The minimum atomic E-state index is -0.296. The molecule has 0 bridgehead atoms. The van der Waals surface area contributed by atoms with E-state index in [4.69, 9.17) is 17.0 Å². The number of carbonyl (C=O) groups is 1. The third kappa shape index (κ3) is 3.04. The number of anilines is 1. The fourth-order valence-corrected chi connectivity index (χ4v) is 2.61. The molecular formula is C14H19N5O2S. The molecule has 7 nitrogen and oxygen atoms in total. The van der Waals surface area contributed by atoms with Gasteiger partial charge in [-0.2, -0.15) is 5.26 Å². The zero-order valence-corrected chi connectivity index (χ0v) is 13.8. The van der Waals surface area contributed by atoms with Gasteiger partial charge in [-0.25, -0.2) is 9.78 Å². The number of hydrogen-bond donors (Lipinski definition) is 0.